The number of hydrogen-bond donors (Lipinski definition) is 2. The summed E-state index contributed by atoms with van der Waals surface area (Å²) in [6.07, 6.45) is 1.44. The van der Waals surface area contributed by atoms with Gasteiger partial charge in [-0.3, -0.25) is 4.79 Å². The summed E-state index contributed by atoms with van der Waals surface area (Å²) >= 11 is 0. The van der Waals surface area contributed by atoms with Crippen LogP contribution in [0.5, 0.6) is 0 Å². The van der Waals surface area contributed by atoms with Gasteiger partial charge in [0.15, 0.2) is 0 Å². The zero-order chi connectivity index (χ0) is 12.8. The fourth-order valence-electron chi connectivity index (χ4n) is 2.00. The summed E-state index contributed by atoms with van der Waals surface area (Å²) in [7, 11) is 1.35. The molecule has 1 fully saturated rings. The lowest BCUT2D eigenvalue weighted by atomic mass is 10.0. The van der Waals surface area contributed by atoms with Gasteiger partial charge < -0.3 is 15.4 Å². The Morgan fingerprint density at radius 2 is 2.11 bits per heavy atom. The Balaban J connectivity index is 0.00000289. The fourth-order valence-corrected chi connectivity index (χ4v) is 2.00. The molecule has 18 heavy (non-hydrogen) atoms. The second-order valence-electron chi connectivity index (χ2n) is 4.90. The first-order valence-corrected chi connectivity index (χ1v) is 6.13. The first-order valence-electron chi connectivity index (χ1n) is 6.13. The normalized spacial score (nSPS) is 20.1. The van der Waals surface area contributed by atoms with Gasteiger partial charge in [0.25, 0.3) is 0 Å². The minimum absolute atomic E-state index is 0. The maximum absolute atomic E-state index is 11.9. The van der Waals surface area contributed by atoms with Crippen molar-refractivity contribution in [1.82, 2.24) is 10.6 Å². The summed E-state index contributed by atoms with van der Waals surface area (Å²) in [6.45, 7) is 5.59. The Labute approximate surface area is 114 Å². The van der Waals surface area contributed by atoms with Gasteiger partial charge in [-0.05, 0) is 25.3 Å². The number of carbonyl (C=O) groups is 2. The first kappa shape index (κ1) is 17.2. The van der Waals surface area contributed by atoms with E-state index in [2.05, 4.69) is 10.6 Å². The van der Waals surface area contributed by atoms with E-state index in [-0.39, 0.29) is 30.2 Å². The van der Waals surface area contributed by atoms with Crippen molar-refractivity contribution in [2.75, 3.05) is 20.2 Å². The SMILES string of the molecule is COC(=O)C(CC(C)C)NC(=O)C1CCNC1.Cl. The molecular weight excluding hydrogens is 256 g/mol. The molecule has 1 heterocycles. The topological polar surface area (TPSA) is 67.4 Å². The van der Waals surface area contributed by atoms with Gasteiger partial charge in [-0.1, -0.05) is 13.8 Å². The van der Waals surface area contributed by atoms with E-state index in [1.165, 1.54) is 7.11 Å². The highest BCUT2D eigenvalue weighted by Gasteiger charge is 2.28. The van der Waals surface area contributed by atoms with Crippen LogP contribution in [0.2, 0.25) is 0 Å². The van der Waals surface area contributed by atoms with Gasteiger partial charge in [-0.2, -0.15) is 0 Å². The Hall–Kier alpha value is -0.810. The zero-order valence-corrected chi connectivity index (χ0v) is 12.0. The summed E-state index contributed by atoms with van der Waals surface area (Å²) in [5.74, 6) is -0.0977. The molecular formula is C12H23ClN2O3. The third kappa shape index (κ3) is 5.23. The molecule has 1 aliphatic heterocycles. The van der Waals surface area contributed by atoms with Crippen LogP contribution in [-0.2, 0) is 14.3 Å². The molecule has 0 aromatic carbocycles. The van der Waals surface area contributed by atoms with E-state index in [1.807, 2.05) is 13.8 Å². The van der Waals surface area contributed by atoms with Crippen LogP contribution in [0.25, 0.3) is 0 Å². The molecule has 6 heteroatoms. The van der Waals surface area contributed by atoms with Crippen molar-refractivity contribution in [1.29, 1.82) is 0 Å². The minimum Gasteiger partial charge on any atom is -0.467 e. The molecule has 2 atom stereocenters. The molecule has 1 rings (SSSR count). The number of carbonyl (C=O) groups excluding carboxylic acids is 2. The van der Waals surface area contributed by atoms with Crippen molar-refractivity contribution in [3.05, 3.63) is 0 Å². The molecule has 106 valence electrons. The molecule has 5 nitrogen and oxygen atoms in total. The average molecular weight is 279 g/mol. The lowest BCUT2D eigenvalue weighted by molar-refractivity contribution is -0.146. The quantitative estimate of drug-likeness (QED) is 0.728. The van der Waals surface area contributed by atoms with Gasteiger partial charge in [0.2, 0.25) is 5.91 Å². The minimum atomic E-state index is -0.520. The number of ether oxygens (including phenoxy) is 1. The predicted molar refractivity (Wildman–Crippen MR) is 71.6 cm³/mol. The molecule has 1 amide bonds. The van der Waals surface area contributed by atoms with Crippen molar-refractivity contribution in [2.24, 2.45) is 11.8 Å². The van der Waals surface area contributed by atoms with Crippen LogP contribution in [-0.4, -0.2) is 38.1 Å². The second-order valence-corrected chi connectivity index (χ2v) is 4.90. The number of methoxy groups -OCH3 is 1. The highest BCUT2D eigenvalue weighted by atomic mass is 35.5. The van der Waals surface area contributed by atoms with Crippen LogP contribution in [0.1, 0.15) is 26.7 Å². The van der Waals surface area contributed by atoms with Crippen LogP contribution in [0, 0.1) is 11.8 Å². The largest absolute Gasteiger partial charge is 0.467 e. The maximum atomic E-state index is 11.9. The third-order valence-electron chi connectivity index (χ3n) is 2.94. The molecule has 0 aromatic heterocycles. The molecule has 1 aliphatic rings. The number of hydrogen-bond acceptors (Lipinski definition) is 4. The molecule has 2 N–H and O–H groups in total. The highest BCUT2D eigenvalue weighted by Crippen LogP contribution is 2.11. The fraction of sp³-hybridized carbons (Fsp3) is 0.833. The lowest BCUT2D eigenvalue weighted by Crippen LogP contribution is -2.45. The van der Waals surface area contributed by atoms with E-state index >= 15 is 0 Å². The molecule has 0 aromatic rings. The molecule has 0 bridgehead atoms. The van der Waals surface area contributed by atoms with Gasteiger partial charge in [-0.15, -0.1) is 12.4 Å². The van der Waals surface area contributed by atoms with Crippen molar-refractivity contribution in [3.8, 4) is 0 Å². The molecule has 0 spiro atoms. The van der Waals surface area contributed by atoms with Gasteiger partial charge in [0.1, 0.15) is 6.04 Å². The Bertz CT molecular complexity index is 278. The summed E-state index contributed by atoms with van der Waals surface area (Å²) in [5.41, 5.74) is 0. The van der Waals surface area contributed by atoms with Crippen molar-refractivity contribution >= 4 is 24.3 Å². The number of esters is 1. The molecule has 0 aliphatic carbocycles. The Morgan fingerprint density at radius 1 is 1.44 bits per heavy atom. The smallest absolute Gasteiger partial charge is 0.328 e. The summed E-state index contributed by atoms with van der Waals surface area (Å²) < 4.78 is 4.71. The van der Waals surface area contributed by atoms with Crippen LogP contribution in [0.3, 0.4) is 0 Å². The van der Waals surface area contributed by atoms with E-state index in [9.17, 15) is 9.59 Å². The van der Waals surface area contributed by atoms with Crippen LogP contribution < -0.4 is 10.6 Å². The van der Waals surface area contributed by atoms with Crippen LogP contribution >= 0.6 is 12.4 Å². The Morgan fingerprint density at radius 3 is 2.56 bits per heavy atom. The van der Waals surface area contributed by atoms with Crippen LogP contribution in [0.15, 0.2) is 0 Å². The van der Waals surface area contributed by atoms with Gasteiger partial charge in [0, 0.05) is 6.54 Å². The predicted octanol–water partition coefficient (Wildman–Crippen LogP) is 0.722. The molecule has 0 radical (unpaired) electrons. The zero-order valence-electron chi connectivity index (χ0n) is 11.2. The van der Waals surface area contributed by atoms with Gasteiger partial charge in [-0.25, -0.2) is 4.79 Å². The first-order chi connectivity index (χ1) is 8.04. The summed E-state index contributed by atoms with van der Waals surface area (Å²) in [5, 5.41) is 5.92. The second kappa shape index (κ2) is 8.32. The van der Waals surface area contributed by atoms with Crippen molar-refractivity contribution in [3.63, 3.8) is 0 Å². The van der Waals surface area contributed by atoms with E-state index < -0.39 is 6.04 Å². The van der Waals surface area contributed by atoms with Crippen molar-refractivity contribution < 1.29 is 14.3 Å². The van der Waals surface area contributed by atoms with Gasteiger partial charge >= 0.3 is 5.97 Å². The maximum Gasteiger partial charge on any atom is 0.328 e. The summed E-state index contributed by atoms with van der Waals surface area (Å²) in [4.78, 5) is 23.4. The lowest BCUT2D eigenvalue weighted by Gasteiger charge is -2.20. The third-order valence-corrected chi connectivity index (χ3v) is 2.94. The number of halogens is 1. The number of rotatable bonds is 5. The van der Waals surface area contributed by atoms with Crippen LogP contribution in [0.4, 0.5) is 0 Å². The van der Waals surface area contributed by atoms with Gasteiger partial charge in [0.05, 0.1) is 13.0 Å². The van der Waals surface area contributed by atoms with E-state index in [4.69, 9.17) is 4.74 Å². The van der Waals surface area contributed by atoms with E-state index in [0.29, 0.717) is 18.9 Å². The standard InChI is InChI=1S/C12H22N2O3.ClH/c1-8(2)6-10(12(16)17-3)14-11(15)9-4-5-13-7-9;/h8-10,13H,4-7H2,1-3H3,(H,14,15);1H. The monoisotopic (exact) mass is 278 g/mol. The number of nitrogens with one attached hydrogen (secondary N) is 2. The Kier molecular flexibility index (Phi) is 7.95. The molecule has 2 unspecified atom stereocenters. The summed E-state index contributed by atoms with van der Waals surface area (Å²) in [6, 6.07) is -0.520. The number of amides is 1. The molecule has 1 saturated heterocycles. The van der Waals surface area contributed by atoms with Crippen molar-refractivity contribution in [2.45, 2.75) is 32.7 Å². The van der Waals surface area contributed by atoms with E-state index in [1.54, 1.807) is 0 Å². The average Bonchev–Trinajstić information content (AvgIpc) is 2.79. The highest BCUT2D eigenvalue weighted by molar-refractivity contribution is 5.86. The van der Waals surface area contributed by atoms with E-state index in [0.717, 1.165) is 13.0 Å². The molecule has 0 saturated carbocycles.